The van der Waals surface area contributed by atoms with E-state index in [1.807, 2.05) is 67.0 Å². The first-order valence-corrected chi connectivity index (χ1v) is 12.2. The monoisotopic (exact) mass is 483 g/mol. The van der Waals surface area contributed by atoms with Gasteiger partial charge in [0.25, 0.3) is 0 Å². The minimum atomic E-state index is -0.539. The summed E-state index contributed by atoms with van der Waals surface area (Å²) in [5.74, 6) is -0.292. The van der Waals surface area contributed by atoms with Crippen molar-refractivity contribution >= 4 is 17.9 Å². The second kappa shape index (κ2) is 10.5. The second-order valence-electron chi connectivity index (χ2n) is 10.2. The number of carbonyl (C=O) groups excluding carboxylic acids is 2. The summed E-state index contributed by atoms with van der Waals surface area (Å²) >= 11 is 0. The van der Waals surface area contributed by atoms with E-state index in [0.29, 0.717) is 31.7 Å². The lowest BCUT2D eigenvalue weighted by molar-refractivity contribution is 0.0123. The number of fused-ring (bicyclic) bond motifs is 2. The van der Waals surface area contributed by atoms with E-state index in [0.717, 1.165) is 24.0 Å². The third-order valence-corrected chi connectivity index (χ3v) is 6.34. The number of amides is 2. The average molecular weight is 484 g/mol. The molecule has 2 aliphatic rings. The number of hydrogen-bond donors (Lipinski definition) is 1. The van der Waals surface area contributed by atoms with E-state index in [2.05, 4.69) is 5.32 Å². The number of benzene rings is 2. The van der Waals surface area contributed by atoms with Crippen LogP contribution in [0.4, 0.5) is 19.7 Å². The number of nitrogens with zero attached hydrogens (tertiary/aromatic N) is 2. The van der Waals surface area contributed by atoms with Crippen molar-refractivity contribution in [3.8, 4) is 0 Å². The summed E-state index contributed by atoms with van der Waals surface area (Å²) in [7, 11) is 0. The molecule has 4 rings (SSSR count). The predicted molar refractivity (Wildman–Crippen MR) is 132 cm³/mol. The fourth-order valence-electron chi connectivity index (χ4n) is 4.76. The molecule has 2 aliphatic heterocycles. The average Bonchev–Trinajstić information content (AvgIpc) is 3.07. The topological polar surface area (TPSA) is 71.1 Å². The smallest absolute Gasteiger partial charge is 0.410 e. The van der Waals surface area contributed by atoms with Gasteiger partial charge < -0.3 is 19.7 Å². The molecule has 7 nitrogen and oxygen atoms in total. The maximum absolute atomic E-state index is 15.0. The molecule has 2 unspecified atom stereocenters. The van der Waals surface area contributed by atoms with Crippen LogP contribution in [0.25, 0.3) is 0 Å². The third kappa shape index (κ3) is 6.44. The summed E-state index contributed by atoms with van der Waals surface area (Å²) in [6, 6.07) is 14.7. The van der Waals surface area contributed by atoms with Crippen molar-refractivity contribution in [2.24, 2.45) is 0 Å². The van der Waals surface area contributed by atoms with E-state index >= 15 is 4.39 Å². The lowest BCUT2D eigenvalue weighted by atomic mass is 10.1. The highest BCUT2D eigenvalue weighted by molar-refractivity contribution is 5.70. The van der Waals surface area contributed by atoms with Crippen LogP contribution in [-0.4, -0.2) is 54.4 Å². The summed E-state index contributed by atoms with van der Waals surface area (Å²) in [6.45, 7) is 7.32. The number of anilines is 1. The molecule has 2 atom stereocenters. The van der Waals surface area contributed by atoms with Gasteiger partial charge >= 0.3 is 12.2 Å². The van der Waals surface area contributed by atoms with Gasteiger partial charge in [0, 0.05) is 19.6 Å². The second-order valence-corrected chi connectivity index (χ2v) is 10.2. The minimum absolute atomic E-state index is 0.0220. The Kier molecular flexibility index (Phi) is 7.48. The lowest BCUT2D eigenvalue weighted by Crippen LogP contribution is -2.57. The van der Waals surface area contributed by atoms with E-state index in [4.69, 9.17) is 9.47 Å². The van der Waals surface area contributed by atoms with Gasteiger partial charge in [0.2, 0.25) is 0 Å². The number of nitrogens with one attached hydrogen (secondary N) is 1. The molecular formula is C27H34FN3O4. The minimum Gasteiger partial charge on any atom is -0.445 e. The number of hydrogen-bond acceptors (Lipinski definition) is 5. The van der Waals surface area contributed by atoms with Crippen molar-refractivity contribution in [2.75, 3.05) is 24.5 Å². The highest BCUT2D eigenvalue weighted by atomic mass is 19.1. The zero-order chi connectivity index (χ0) is 25.0. The van der Waals surface area contributed by atoms with Gasteiger partial charge in [-0.1, -0.05) is 36.4 Å². The molecule has 2 amide bonds. The molecule has 2 heterocycles. The quantitative estimate of drug-likeness (QED) is 0.634. The van der Waals surface area contributed by atoms with Crippen LogP contribution in [0.5, 0.6) is 0 Å². The number of halogens is 1. The highest BCUT2D eigenvalue weighted by Gasteiger charge is 2.44. The Labute approximate surface area is 206 Å². The van der Waals surface area contributed by atoms with Crippen LogP contribution >= 0.6 is 0 Å². The van der Waals surface area contributed by atoms with Crippen LogP contribution in [-0.2, 0) is 22.5 Å². The summed E-state index contributed by atoms with van der Waals surface area (Å²) < 4.78 is 25.8. The highest BCUT2D eigenvalue weighted by Crippen LogP contribution is 2.35. The van der Waals surface area contributed by atoms with E-state index < -0.39 is 11.7 Å². The zero-order valence-corrected chi connectivity index (χ0v) is 20.6. The van der Waals surface area contributed by atoms with Gasteiger partial charge in [-0.25, -0.2) is 14.0 Å². The van der Waals surface area contributed by atoms with Gasteiger partial charge in [-0.05, 0) is 63.3 Å². The van der Waals surface area contributed by atoms with Crippen molar-refractivity contribution in [3.63, 3.8) is 0 Å². The van der Waals surface area contributed by atoms with Gasteiger partial charge in [0.05, 0.1) is 17.8 Å². The van der Waals surface area contributed by atoms with Crippen LogP contribution in [0, 0.1) is 5.82 Å². The van der Waals surface area contributed by atoms with Crippen LogP contribution in [0.15, 0.2) is 48.5 Å². The Hall–Kier alpha value is -3.29. The molecule has 2 aromatic carbocycles. The van der Waals surface area contributed by atoms with Gasteiger partial charge in [0.15, 0.2) is 0 Å². The number of rotatable bonds is 6. The predicted octanol–water partition coefficient (Wildman–Crippen LogP) is 4.88. The number of alkyl carbamates (subject to hydrolysis) is 1. The van der Waals surface area contributed by atoms with E-state index in [-0.39, 0.29) is 30.6 Å². The normalized spacial score (nSPS) is 19.4. The van der Waals surface area contributed by atoms with Crippen LogP contribution < -0.4 is 10.2 Å². The van der Waals surface area contributed by atoms with Crippen molar-refractivity contribution < 1.29 is 23.5 Å². The summed E-state index contributed by atoms with van der Waals surface area (Å²) in [6.07, 6.45) is 1.51. The van der Waals surface area contributed by atoms with Gasteiger partial charge in [-0.3, -0.25) is 4.90 Å². The van der Waals surface area contributed by atoms with E-state index in [9.17, 15) is 9.59 Å². The van der Waals surface area contributed by atoms with Crippen LogP contribution in [0.3, 0.4) is 0 Å². The molecule has 0 aromatic heterocycles. The standard InChI is InChI=1S/C27H34FN3O4/c1-27(2,3)35-26(33)31-21-10-11-22(31)17-30(16-21)24-12-9-19(15-23(24)28)13-14-29-25(32)34-18-20-7-5-4-6-8-20/h4-9,12,15,21-22H,10-11,13-14,16-18H2,1-3H3,(H,29,32). The first-order valence-electron chi connectivity index (χ1n) is 12.2. The largest absolute Gasteiger partial charge is 0.445 e. The molecule has 1 N–H and O–H groups in total. The summed E-state index contributed by atoms with van der Waals surface area (Å²) in [4.78, 5) is 28.4. The van der Waals surface area contributed by atoms with E-state index in [1.54, 1.807) is 6.07 Å². The van der Waals surface area contributed by atoms with Gasteiger partial charge in [0.1, 0.15) is 18.0 Å². The van der Waals surface area contributed by atoms with Gasteiger partial charge in [-0.15, -0.1) is 0 Å². The molecule has 35 heavy (non-hydrogen) atoms. The number of piperazine rings is 1. The number of ether oxygens (including phenoxy) is 2. The van der Waals surface area contributed by atoms with Crippen molar-refractivity contribution in [1.82, 2.24) is 10.2 Å². The Bertz CT molecular complexity index is 1030. The maximum Gasteiger partial charge on any atom is 0.410 e. The van der Waals surface area contributed by atoms with Crippen molar-refractivity contribution in [3.05, 3.63) is 65.5 Å². The molecule has 0 saturated carbocycles. The molecule has 2 saturated heterocycles. The molecule has 188 valence electrons. The first-order chi connectivity index (χ1) is 16.7. The SMILES string of the molecule is CC(C)(C)OC(=O)N1C2CCC1CN(c1ccc(CCNC(=O)OCc3ccccc3)cc1F)C2. The fraction of sp³-hybridized carbons (Fsp3) is 0.481. The van der Waals surface area contributed by atoms with Crippen LogP contribution in [0.2, 0.25) is 0 Å². The Balaban J connectivity index is 1.27. The molecule has 2 bridgehead atoms. The molecule has 0 radical (unpaired) electrons. The maximum atomic E-state index is 15.0. The van der Waals surface area contributed by atoms with Crippen molar-refractivity contribution in [2.45, 2.75) is 64.3 Å². The molecule has 0 aliphatic carbocycles. The molecule has 2 fully saturated rings. The first kappa shape index (κ1) is 24.8. The van der Waals surface area contributed by atoms with Gasteiger partial charge in [-0.2, -0.15) is 0 Å². The molecule has 2 aromatic rings. The summed E-state index contributed by atoms with van der Waals surface area (Å²) in [5, 5.41) is 2.71. The molecule has 0 spiro atoms. The van der Waals surface area contributed by atoms with Crippen molar-refractivity contribution in [1.29, 1.82) is 0 Å². The fourth-order valence-corrected chi connectivity index (χ4v) is 4.76. The zero-order valence-electron chi connectivity index (χ0n) is 20.6. The van der Waals surface area contributed by atoms with Crippen LogP contribution in [0.1, 0.15) is 44.7 Å². The Morgan fingerprint density at radius 1 is 1.03 bits per heavy atom. The summed E-state index contributed by atoms with van der Waals surface area (Å²) in [5.41, 5.74) is 1.72. The van der Waals surface area contributed by atoms with E-state index in [1.165, 1.54) is 6.07 Å². The Morgan fingerprint density at radius 3 is 2.34 bits per heavy atom. The third-order valence-electron chi connectivity index (χ3n) is 6.34. The number of carbonyl (C=O) groups is 2. The molecule has 8 heteroatoms. The molecular weight excluding hydrogens is 449 g/mol. The Morgan fingerprint density at radius 2 is 1.71 bits per heavy atom. The lowest BCUT2D eigenvalue weighted by Gasteiger charge is -2.42.